The normalized spacial score (nSPS) is 17.8. The van der Waals surface area contributed by atoms with Crippen molar-refractivity contribution < 1.29 is 14.4 Å². The number of rotatable bonds is 8. The van der Waals surface area contributed by atoms with Gasteiger partial charge in [-0.1, -0.05) is 6.07 Å². The summed E-state index contributed by atoms with van der Waals surface area (Å²) in [7, 11) is 1.79. The number of nitrogens with zero attached hydrogens (tertiary/aromatic N) is 4. The number of likely N-dealkylation sites (N-methyl/N-ethyl adjacent to an activating group) is 1. The standard InChI is InChI=1S/C28H31N5O3S/c1-31(27(35)19-32-14-4-5-15-32)21-7-9-22(10-8-21)33-18-20(16-26(33)34)17-30-28(36)25-12-11-24(37-25)23-6-2-3-13-29-23/h2-3,6-13,20H,4-5,14-19H2,1H3,(H,30,36). The van der Waals surface area contributed by atoms with Crippen LogP contribution in [0.3, 0.4) is 0 Å². The lowest BCUT2D eigenvalue weighted by molar-refractivity contribution is -0.119. The van der Waals surface area contributed by atoms with Gasteiger partial charge in [0.05, 0.1) is 22.0 Å². The van der Waals surface area contributed by atoms with Gasteiger partial charge in [-0.2, -0.15) is 0 Å². The summed E-state index contributed by atoms with van der Waals surface area (Å²) in [6.07, 6.45) is 4.43. The average molecular weight is 518 g/mol. The molecule has 192 valence electrons. The molecular formula is C28H31N5O3S. The highest BCUT2D eigenvalue weighted by atomic mass is 32.1. The van der Waals surface area contributed by atoms with E-state index in [4.69, 9.17) is 0 Å². The van der Waals surface area contributed by atoms with E-state index in [0.29, 0.717) is 30.9 Å². The van der Waals surface area contributed by atoms with E-state index in [2.05, 4.69) is 15.2 Å². The molecule has 0 bridgehead atoms. The number of benzene rings is 1. The average Bonchev–Trinajstić information content (AvgIpc) is 3.69. The Morgan fingerprint density at radius 2 is 1.86 bits per heavy atom. The number of thiophene rings is 1. The van der Waals surface area contributed by atoms with Crippen molar-refractivity contribution in [1.82, 2.24) is 15.2 Å². The van der Waals surface area contributed by atoms with E-state index in [9.17, 15) is 14.4 Å². The van der Waals surface area contributed by atoms with Crippen molar-refractivity contribution in [2.75, 3.05) is 49.6 Å². The third kappa shape index (κ3) is 5.89. The van der Waals surface area contributed by atoms with E-state index in [1.54, 1.807) is 23.0 Å². The molecule has 9 heteroatoms. The van der Waals surface area contributed by atoms with Gasteiger partial charge in [-0.3, -0.25) is 24.3 Å². The Labute approximate surface area is 220 Å². The number of aromatic nitrogens is 1. The molecule has 1 atom stereocenters. The van der Waals surface area contributed by atoms with Crippen LogP contribution < -0.4 is 15.1 Å². The van der Waals surface area contributed by atoms with Crippen LogP contribution >= 0.6 is 11.3 Å². The van der Waals surface area contributed by atoms with E-state index in [1.807, 2.05) is 54.6 Å². The molecular weight excluding hydrogens is 486 g/mol. The molecule has 0 radical (unpaired) electrons. The largest absolute Gasteiger partial charge is 0.351 e. The fourth-order valence-corrected chi connectivity index (χ4v) is 5.74. The molecule has 1 aromatic carbocycles. The SMILES string of the molecule is CN(C(=O)CN1CCCC1)c1ccc(N2CC(CNC(=O)c3ccc(-c4ccccn4)s3)CC2=O)cc1. The maximum Gasteiger partial charge on any atom is 0.261 e. The summed E-state index contributed by atoms with van der Waals surface area (Å²) in [5, 5.41) is 2.99. The smallest absolute Gasteiger partial charge is 0.261 e. The van der Waals surface area contributed by atoms with Gasteiger partial charge in [0.25, 0.3) is 5.91 Å². The van der Waals surface area contributed by atoms with Crippen LogP contribution in [0.2, 0.25) is 0 Å². The number of hydrogen-bond donors (Lipinski definition) is 1. The first-order valence-electron chi connectivity index (χ1n) is 12.7. The number of nitrogens with one attached hydrogen (secondary N) is 1. The number of anilines is 2. The minimum absolute atomic E-state index is 0.0380. The molecule has 5 rings (SSSR count). The predicted octanol–water partition coefficient (Wildman–Crippen LogP) is 3.65. The summed E-state index contributed by atoms with van der Waals surface area (Å²) >= 11 is 1.41. The highest BCUT2D eigenvalue weighted by Crippen LogP contribution is 2.28. The van der Waals surface area contributed by atoms with Gasteiger partial charge >= 0.3 is 0 Å². The highest BCUT2D eigenvalue weighted by Gasteiger charge is 2.31. The van der Waals surface area contributed by atoms with E-state index in [-0.39, 0.29) is 23.6 Å². The Morgan fingerprint density at radius 3 is 2.59 bits per heavy atom. The van der Waals surface area contributed by atoms with Crippen LogP contribution in [0.25, 0.3) is 10.6 Å². The molecule has 2 aromatic heterocycles. The second-order valence-corrected chi connectivity index (χ2v) is 10.7. The number of amides is 3. The molecule has 0 spiro atoms. The van der Waals surface area contributed by atoms with Crippen molar-refractivity contribution in [3.63, 3.8) is 0 Å². The highest BCUT2D eigenvalue weighted by molar-refractivity contribution is 7.17. The molecule has 2 fully saturated rings. The molecule has 37 heavy (non-hydrogen) atoms. The zero-order chi connectivity index (χ0) is 25.8. The van der Waals surface area contributed by atoms with E-state index >= 15 is 0 Å². The first kappa shape index (κ1) is 25.1. The number of pyridine rings is 1. The van der Waals surface area contributed by atoms with Gasteiger partial charge in [0.15, 0.2) is 0 Å². The van der Waals surface area contributed by atoms with Crippen LogP contribution in [0, 0.1) is 5.92 Å². The van der Waals surface area contributed by atoms with Crippen molar-refractivity contribution in [2.24, 2.45) is 5.92 Å². The summed E-state index contributed by atoms with van der Waals surface area (Å²) in [5.74, 6) is 0.0137. The second-order valence-electron chi connectivity index (χ2n) is 9.62. The van der Waals surface area contributed by atoms with Gasteiger partial charge in [0.2, 0.25) is 11.8 Å². The monoisotopic (exact) mass is 517 g/mol. The van der Waals surface area contributed by atoms with Crippen LogP contribution in [0.4, 0.5) is 11.4 Å². The summed E-state index contributed by atoms with van der Waals surface area (Å²) in [4.78, 5) is 49.6. The van der Waals surface area contributed by atoms with E-state index in [0.717, 1.165) is 47.9 Å². The predicted molar refractivity (Wildman–Crippen MR) is 146 cm³/mol. The second kappa shape index (κ2) is 11.2. The quantitative estimate of drug-likeness (QED) is 0.493. The van der Waals surface area contributed by atoms with Gasteiger partial charge < -0.3 is 15.1 Å². The van der Waals surface area contributed by atoms with Crippen molar-refractivity contribution >= 4 is 40.4 Å². The minimum Gasteiger partial charge on any atom is -0.351 e. The molecule has 2 aliphatic rings. The fourth-order valence-electron chi connectivity index (χ4n) is 4.84. The molecule has 3 amide bonds. The van der Waals surface area contributed by atoms with Crippen LogP contribution in [-0.4, -0.2) is 67.4 Å². The summed E-state index contributed by atoms with van der Waals surface area (Å²) < 4.78 is 0. The Balaban J connectivity index is 1.13. The lowest BCUT2D eigenvalue weighted by Crippen LogP contribution is -2.37. The molecule has 2 aliphatic heterocycles. The molecule has 2 saturated heterocycles. The van der Waals surface area contributed by atoms with E-state index < -0.39 is 0 Å². The third-order valence-electron chi connectivity index (χ3n) is 6.98. The molecule has 8 nitrogen and oxygen atoms in total. The van der Waals surface area contributed by atoms with Gasteiger partial charge in [-0.05, 0) is 74.5 Å². The van der Waals surface area contributed by atoms with Crippen molar-refractivity contribution in [3.05, 3.63) is 65.7 Å². The lowest BCUT2D eigenvalue weighted by atomic mass is 10.1. The maximum absolute atomic E-state index is 12.7. The molecule has 1 unspecified atom stereocenters. The summed E-state index contributed by atoms with van der Waals surface area (Å²) in [6, 6.07) is 17.0. The molecule has 0 saturated carbocycles. The topological polar surface area (TPSA) is 85.8 Å². The number of carbonyl (C=O) groups is 3. The van der Waals surface area contributed by atoms with Gasteiger partial charge in [-0.15, -0.1) is 11.3 Å². The molecule has 1 N–H and O–H groups in total. The van der Waals surface area contributed by atoms with Gasteiger partial charge in [0.1, 0.15) is 0 Å². The number of hydrogen-bond acceptors (Lipinski definition) is 6. The van der Waals surface area contributed by atoms with Crippen LogP contribution in [0.5, 0.6) is 0 Å². The third-order valence-corrected chi connectivity index (χ3v) is 8.09. The van der Waals surface area contributed by atoms with Crippen LogP contribution in [0.15, 0.2) is 60.8 Å². The van der Waals surface area contributed by atoms with Crippen LogP contribution in [0.1, 0.15) is 28.9 Å². The Hall–Kier alpha value is -3.56. The number of likely N-dealkylation sites (tertiary alicyclic amines) is 1. The van der Waals surface area contributed by atoms with Crippen molar-refractivity contribution in [3.8, 4) is 10.6 Å². The Kier molecular flexibility index (Phi) is 7.62. The Morgan fingerprint density at radius 1 is 1.08 bits per heavy atom. The van der Waals surface area contributed by atoms with E-state index in [1.165, 1.54) is 11.3 Å². The molecule has 0 aliphatic carbocycles. The van der Waals surface area contributed by atoms with Crippen LogP contribution in [-0.2, 0) is 9.59 Å². The van der Waals surface area contributed by atoms with Crippen molar-refractivity contribution in [2.45, 2.75) is 19.3 Å². The van der Waals surface area contributed by atoms with Gasteiger partial charge in [-0.25, -0.2) is 0 Å². The number of carbonyl (C=O) groups excluding carboxylic acids is 3. The minimum atomic E-state index is -0.135. The summed E-state index contributed by atoms with van der Waals surface area (Å²) in [6.45, 7) is 3.38. The summed E-state index contributed by atoms with van der Waals surface area (Å²) in [5.41, 5.74) is 2.46. The first-order valence-corrected chi connectivity index (χ1v) is 13.5. The lowest BCUT2D eigenvalue weighted by Gasteiger charge is -2.22. The van der Waals surface area contributed by atoms with Gasteiger partial charge in [0, 0.05) is 50.0 Å². The fraction of sp³-hybridized carbons (Fsp3) is 0.357. The molecule has 4 heterocycles. The first-order chi connectivity index (χ1) is 18.0. The maximum atomic E-state index is 12.7. The zero-order valence-electron chi connectivity index (χ0n) is 20.9. The Bertz CT molecular complexity index is 1250. The zero-order valence-corrected chi connectivity index (χ0v) is 21.7. The van der Waals surface area contributed by atoms with Crippen molar-refractivity contribution in [1.29, 1.82) is 0 Å². The molecule has 3 aromatic rings.